The Morgan fingerprint density at radius 2 is 2.04 bits per heavy atom. The molecule has 0 atom stereocenters. The van der Waals surface area contributed by atoms with E-state index in [4.69, 9.17) is 17.3 Å². The lowest BCUT2D eigenvalue weighted by molar-refractivity contribution is 0.522. The van der Waals surface area contributed by atoms with Crippen molar-refractivity contribution in [3.63, 3.8) is 0 Å². The van der Waals surface area contributed by atoms with Crippen molar-refractivity contribution in [3.05, 3.63) is 29.3 Å². The molecule has 2 aromatic heterocycles. The van der Waals surface area contributed by atoms with Crippen molar-refractivity contribution in [2.75, 3.05) is 29.0 Å². The highest BCUT2D eigenvalue weighted by atomic mass is 35.5. The number of hydrogen-bond acceptors (Lipinski definition) is 7. The second-order valence-electron chi connectivity index (χ2n) is 5.56. The van der Waals surface area contributed by atoms with Crippen LogP contribution < -0.4 is 16.0 Å². The molecule has 0 spiro atoms. The summed E-state index contributed by atoms with van der Waals surface area (Å²) in [7, 11) is 0. The highest BCUT2D eigenvalue weighted by Crippen LogP contribution is 2.21. The van der Waals surface area contributed by atoms with Gasteiger partial charge in [0.15, 0.2) is 0 Å². The summed E-state index contributed by atoms with van der Waals surface area (Å²) in [6.45, 7) is 3.97. The fourth-order valence-corrected chi connectivity index (χ4v) is 2.91. The van der Waals surface area contributed by atoms with E-state index in [0.29, 0.717) is 17.0 Å². The Hall–Kier alpha value is -2.15. The maximum absolute atomic E-state index is 5.91. The van der Waals surface area contributed by atoms with Crippen LogP contribution in [0.1, 0.15) is 25.5 Å². The molecular formula is C15H20ClN7. The molecule has 1 saturated heterocycles. The van der Waals surface area contributed by atoms with Crippen molar-refractivity contribution in [3.8, 4) is 0 Å². The summed E-state index contributed by atoms with van der Waals surface area (Å²) >= 11 is 5.91. The Morgan fingerprint density at radius 3 is 2.74 bits per heavy atom. The van der Waals surface area contributed by atoms with E-state index in [9.17, 15) is 0 Å². The maximum Gasteiger partial charge on any atom is 0.223 e. The lowest BCUT2D eigenvalue weighted by Gasteiger charge is -2.33. The van der Waals surface area contributed by atoms with Crippen LogP contribution in [-0.2, 0) is 6.42 Å². The van der Waals surface area contributed by atoms with Crippen molar-refractivity contribution in [1.82, 2.24) is 19.9 Å². The number of nitrogen functional groups attached to an aromatic ring is 1. The molecule has 1 fully saturated rings. The minimum absolute atomic E-state index is 0.186. The van der Waals surface area contributed by atoms with Crippen LogP contribution in [0.15, 0.2) is 18.5 Å². The molecule has 0 radical (unpaired) electrons. The molecule has 3 N–H and O–H groups in total. The second-order valence-corrected chi connectivity index (χ2v) is 5.95. The van der Waals surface area contributed by atoms with E-state index in [1.165, 1.54) is 0 Å². The standard InChI is InChI=1S/C15H20ClN7/c1-2-10-7-14(19-9-18-10)23-5-3-11(4-6-23)20-13-8-12(16)21-15(17)22-13/h7-9,11H,2-6H2,1H3,(H3,17,20,21,22). The van der Waals surface area contributed by atoms with Crippen LogP contribution in [0.5, 0.6) is 0 Å². The van der Waals surface area contributed by atoms with Crippen molar-refractivity contribution in [2.45, 2.75) is 32.2 Å². The molecule has 7 nitrogen and oxygen atoms in total. The van der Waals surface area contributed by atoms with Gasteiger partial charge in [-0.05, 0) is 19.3 Å². The first kappa shape index (κ1) is 15.7. The van der Waals surface area contributed by atoms with E-state index in [2.05, 4.69) is 43.1 Å². The van der Waals surface area contributed by atoms with Crippen molar-refractivity contribution < 1.29 is 0 Å². The molecule has 0 bridgehead atoms. The first-order valence-electron chi connectivity index (χ1n) is 7.76. The molecule has 8 heteroatoms. The Labute approximate surface area is 140 Å². The van der Waals surface area contributed by atoms with Gasteiger partial charge in [0, 0.05) is 37.0 Å². The third-order valence-electron chi connectivity index (χ3n) is 3.95. The molecule has 1 aliphatic rings. The zero-order chi connectivity index (χ0) is 16.2. The van der Waals surface area contributed by atoms with Crippen LogP contribution in [0.3, 0.4) is 0 Å². The topological polar surface area (TPSA) is 92.8 Å². The van der Waals surface area contributed by atoms with Gasteiger partial charge in [-0.2, -0.15) is 4.98 Å². The van der Waals surface area contributed by atoms with Gasteiger partial charge in [0.2, 0.25) is 5.95 Å². The summed E-state index contributed by atoms with van der Waals surface area (Å²) < 4.78 is 0. The van der Waals surface area contributed by atoms with Gasteiger partial charge in [-0.25, -0.2) is 15.0 Å². The Kier molecular flexibility index (Phi) is 4.76. The number of nitrogens with one attached hydrogen (secondary N) is 1. The van der Waals surface area contributed by atoms with Crippen LogP contribution >= 0.6 is 11.6 Å². The van der Waals surface area contributed by atoms with Crippen LogP contribution in [0.25, 0.3) is 0 Å². The molecule has 3 heterocycles. The molecule has 2 aromatic rings. The molecule has 23 heavy (non-hydrogen) atoms. The Morgan fingerprint density at radius 1 is 1.26 bits per heavy atom. The quantitative estimate of drug-likeness (QED) is 0.828. The smallest absolute Gasteiger partial charge is 0.223 e. The average molecular weight is 334 g/mol. The molecule has 0 aromatic carbocycles. The van der Waals surface area contributed by atoms with Crippen molar-refractivity contribution >= 4 is 29.2 Å². The number of hydrogen-bond donors (Lipinski definition) is 2. The predicted molar refractivity (Wildman–Crippen MR) is 91.7 cm³/mol. The summed E-state index contributed by atoms with van der Waals surface area (Å²) in [5, 5.41) is 3.73. The number of anilines is 3. The normalized spacial score (nSPS) is 15.7. The second kappa shape index (κ2) is 6.95. The van der Waals surface area contributed by atoms with Gasteiger partial charge in [0.25, 0.3) is 0 Å². The zero-order valence-corrected chi connectivity index (χ0v) is 13.8. The molecule has 122 valence electrons. The summed E-state index contributed by atoms with van der Waals surface area (Å²) in [4.78, 5) is 19.0. The number of aromatic nitrogens is 4. The van der Waals surface area contributed by atoms with E-state index >= 15 is 0 Å². The number of nitrogens with zero attached hydrogens (tertiary/aromatic N) is 5. The third-order valence-corrected chi connectivity index (χ3v) is 4.15. The van der Waals surface area contributed by atoms with Gasteiger partial charge in [0.1, 0.15) is 23.1 Å². The predicted octanol–water partition coefficient (Wildman–Crippen LogP) is 2.15. The first-order chi connectivity index (χ1) is 11.1. The number of halogens is 1. The van der Waals surface area contributed by atoms with Gasteiger partial charge in [-0.3, -0.25) is 0 Å². The largest absolute Gasteiger partial charge is 0.368 e. The SMILES string of the molecule is CCc1cc(N2CCC(Nc3cc(Cl)nc(N)n3)CC2)ncn1. The van der Waals surface area contributed by atoms with Crippen LogP contribution in [0.2, 0.25) is 5.15 Å². The van der Waals surface area contributed by atoms with E-state index < -0.39 is 0 Å². The molecule has 1 aliphatic heterocycles. The summed E-state index contributed by atoms with van der Waals surface area (Å²) in [5.41, 5.74) is 6.69. The highest BCUT2D eigenvalue weighted by Gasteiger charge is 2.21. The highest BCUT2D eigenvalue weighted by molar-refractivity contribution is 6.29. The lowest BCUT2D eigenvalue weighted by atomic mass is 10.0. The monoisotopic (exact) mass is 333 g/mol. The fourth-order valence-electron chi connectivity index (χ4n) is 2.72. The van der Waals surface area contributed by atoms with Crippen molar-refractivity contribution in [2.24, 2.45) is 0 Å². The number of nitrogens with two attached hydrogens (primary N) is 1. The number of piperidine rings is 1. The van der Waals surface area contributed by atoms with Gasteiger partial charge >= 0.3 is 0 Å². The third kappa shape index (κ3) is 3.98. The van der Waals surface area contributed by atoms with E-state index in [-0.39, 0.29) is 5.95 Å². The number of rotatable bonds is 4. The van der Waals surface area contributed by atoms with Crippen molar-refractivity contribution in [1.29, 1.82) is 0 Å². The number of aryl methyl sites for hydroxylation is 1. The molecule has 0 unspecified atom stereocenters. The molecule has 0 aliphatic carbocycles. The van der Waals surface area contributed by atoms with Gasteiger partial charge in [-0.15, -0.1) is 0 Å². The Bertz CT molecular complexity index is 650. The first-order valence-corrected chi connectivity index (χ1v) is 8.14. The molecule has 0 amide bonds. The molecule has 0 saturated carbocycles. The zero-order valence-electron chi connectivity index (χ0n) is 13.0. The minimum Gasteiger partial charge on any atom is -0.368 e. The van der Waals surface area contributed by atoms with E-state index in [0.717, 1.165) is 43.9 Å². The van der Waals surface area contributed by atoms with Gasteiger partial charge < -0.3 is 16.0 Å². The summed E-state index contributed by atoms with van der Waals surface area (Å²) in [6, 6.07) is 4.10. The Balaban J connectivity index is 1.59. The van der Waals surface area contributed by atoms with Gasteiger partial charge in [0.05, 0.1) is 0 Å². The minimum atomic E-state index is 0.186. The van der Waals surface area contributed by atoms with Crippen LogP contribution in [0, 0.1) is 0 Å². The summed E-state index contributed by atoms with van der Waals surface area (Å²) in [5.74, 6) is 1.87. The fraction of sp³-hybridized carbons (Fsp3) is 0.467. The molecular weight excluding hydrogens is 314 g/mol. The average Bonchev–Trinajstić information content (AvgIpc) is 2.55. The van der Waals surface area contributed by atoms with E-state index in [1.807, 2.05) is 0 Å². The van der Waals surface area contributed by atoms with Gasteiger partial charge in [-0.1, -0.05) is 18.5 Å². The maximum atomic E-state index is 5.91. The lowest BCUT2D eigenvalue weighted by Crippen LogP contribution is -2.39. The van der Waals surface area contributed by atoms with E-state index in [1.54, 1.807) is 12.4 Å². The van der Waals surface area contributed by atoms with Crippen LogP contribution in [-0.4, -0.2) is 39.1 Å². The van der Waals surface area contributed by atoms with Crippen LogP contribution in [0.4, 0.5) is 17.6 Å². The molecule has 3 rings (SSSR count). The summed E-state index contributed by atoms with van der Waals surface area (Å²) in [6.07, 6.45) is 4.55.